The van der Waals surface area contributed by atoms with Gasteiger partial charge >= 0.3 is 0 Å². The highest BCUT2D eigenvalue weighted by atomic mass is 32.2. The van der Waals surface area contributed by atoms with Gasteiger partial charge in [-0.25, -0.2) is 4.99 Å². The summed E-state index contributed by atoms with van der Waals surface area (Å²) < 4.78 is 0. The van der Waals surface area contributed by atoms with Crippen molar-refractivity contribution in [3.05, 3.63) is 58.5 Å². The van der Waals surface area contributed by atoms with E-state index in [0.29, 0.717) is 21.3 Å². The number of phenolic OH excluding ortho intramolecular Hbond substituents is 2. The van der Waals surface area contributed by atoms with Crippen molar-refractivity contribution < 1.29 is 19.8 Å². The second kappa shape index (κ2) is 6.70. The first-order valence-electron chi connectivity index (χ1n) is 7.14. The van der Waals surface area contributed by atoms with Gasteiger partial charge < -0.3 is 21.3 Å². The topological polar surface area (TPSA) is 125 Å². The first kappa shape index (κ1) is 16.6. The van der Waals surface area contributed by atoms with Crippen molar-refractivity contribution in [2.45, 2.75) is 0 Å². The number of aliphatic imine (C=N–C) groups is 1. The van der Waals surface area contributed by atoms with E-state index in [0.717, 1.165) is 11.8 Å². The Bertz CT molecular complexity index is 937. The number of amides is 2. The van der Waals surface area contributed by atoms with Crippen molar-refractivity contribution in [2.75, 3.05) is 0 Å². The maximum Gasteiger partial charge on any atom is 0.264 e. The van der Waals surface area contributed by atoms with E-state index in [1.807, 2.05) is 0 Å². The number of hydrogen-bond acceptors (Lipinski definition) is 6. The van der Waals surface area contributed by atoms with Crippen LogP contribution in [-0.2, 0) is 4.79 Å². The zero-order valence-electron chi connectivity index (χ0n) is 12.8. The minimum Gasteiger partial charge on any atom is -0.504 e. The summed E-state index contributed by atoms with van der Waals surface area (Å²) in [5.74, 6) is -1.48. The predicted molar refractivity (Wildman–Crippen MR) is 95.5 cm³/mol. The van der Waals surface area contributed by atoms with Crippen molar-refractivity contribution >= 4 is 40.5 Å². The molecule has 0 aliphatic carbocycles. The highest BCUT2D eigenvalue weighted by Gasteiger charge is 2.24. The molecule has 0 radical (unpaired) electrons. The van der Waals surface area contributed by atoms with E-state index in [2.05, 4.69) is 10.3 Å². The quantitative estimate of drug-likeness (QED) is 0.495. The molecule has 7 nitrogen and oxygen atoms in total. The molecule has 0 atom stereocenters. The number of primary amides is 1. The summed E-state index contributed by atoms with van der Waals surface area (Å²) in [7, 11) is 0. The zero-order valence-corrected chi connectivity index (χ0v) is 13.6. The van der Waals surface area contributed by atoms with Crippen LogP contribution in [0.4, 0.5) is 5.69 Å². The Morgan fingerprint density at radius 3 is 2.64 bits per heavy atom. The molecule has 2 aromatic rings. The average molecular weight is 355 g/mol. The van der Waals surface area contributed by atoms with Gasteiger partial charge in [-0.3, -0.25) is 9.59 Å². The van der Waals surface area contributed by atoms with Crippen molar-refractivity contribution in [3.63, 3.8) is 0 Å². The van der Waals surface area contributed by atoms with Gasteiger partial charge in [0.05, 0.1) is 16.2 Å². The van der Waals surface area contributed by atoms with Crippen molar-refractivity contribution in [3.8, 4) is 11.5 Å². The molecular formula is C17H13N3O4S. The van der Waals surface area contributed by atoms with Crippen LogP contribution in [0.15, 0.2) is 52.4 Å². The van der Waals surface area contributed by atoms with E-state index >= 15 is 0 Å². The monoisotopic (exact) mass is 355 g/mol. The van der Waals surface area contributed by atoms with Crippen LogP contribution in [0.3, 0.4) is 0 Å². The summed E-state index contributed by atoms with van der Waals surface area (Å²) in [4.78, 5) is 28.1. The van der Waals surface area contributed by atoms with Crippen LogP contribution in [0.5, 0.6) is 11.5 Å². The third-order valence-corrected chi connectivity index (χ3v) is 4.25. The Morgan fingerprint density at radius 1 is 1.16 bits per heavy atom. The lowest BCUT2D eigenvalue weighted by molar-refractivity contribution is -0.115. The van der Waals surface area contributed by atoms with E-state index in [1.165, 1.54) is 12.1 Å². The standard InChI is InChI=1S/C17H13N3O4S/c18-15(23)10-3-1-2-4-11(10)19-17-20-16(24)14(25-17)8-9-5-6-12(21)13(22)7-9/h1-8,21-22H,(H2,18,23)(H,19,20,24)/b14-8-. The van der Waals surface area contributed by atoms with Gasteiger partial charge in [-0.2, -0.15) is 0 Å². The first-order chi connectivity index (χ1) is 11.9. The van der Waals surface area contributed by atoms with Gasteiger partial charge in [-0.15, -0.1) is 0 Å². The van der Waals surface area contributed by atoms with Gasteiger partial charge in [0.1, 0.15) is 0 Å². The van der Waals surface area contributed by atoms with Crippen LogP contribution in [0.1, 0.15) is 15.9 Å². The van der Waals surface area contributed by atoms with E-state index in [9.17, 15) is 19.8 Å². The zero-order chi connectivity index (χ0) is 18.0. The Morgan fingerprint density at radius 2 is 1.92 bits per heavy atom. The molecule has 5 N–H and O–H groups in total. The summed E-state index contributed by atoms with van der Waals surface area (Å²) in [5, 5.41) is 21.8. The molecule has 8 heteroatoms. The Labute approximate surface area is 146 Å². The van der Waals surface area contributed by atoms with Crippen molar-refractivity contribution in [1.82, 2.24) is 5.32 Å². The molecule has 1 aliphatic rings. The smallest absolute Gasteiger partial charge is 0.264 e. The molecule has 0 unspecified atom stereocenters. The Kier molecular flexibility index (Phi) is 4.44. The fraction of sp³-hybridized carbons (Fsp3) is 0. The number of benzene rings is 2. The highest BCUT2D eigenvalue weighted by Crippen LogP contribution is 2.31. The Balaban J connectivity index is 1.89. The first-order valence-corrected chi connectivity index (χ1v) is 7.96. The van der Waals surface area contributed by atoms with Gasteiger partial charge in [-0.1, -0.05) is 18.2 Å². The van der Waals surface area contributed by atoms with Crippen molar-refractivity contribution in [2.24, 2.45) is 10.7 Å². The molecule has 126 valence electrons. The average Bonchev–Trinajstić information content (AvgIpc) is 2.90. The fourth-order valence-corrected chi connectivity index (χ4v) is 2.99. The SMILES string of the molecule is NC(=O)c1ccccc1N=C1NC(=O)/C(=C/c2ccc(O)c(O)c2)S1. The molecule has 1 fully saturated rings. The van der Waals surface area contributed by atoms with E-state index in [-0.39, 0.29) is 23.0 Å². The van der Waals surface area contributed by atoms with Crippen molar-refractivity contribution in [1.29, 1.82) is 0 Å². The lowest BCUT2D eigenvalue weighted by Crippen LogP contribution is -2.19. The molecule has 1 saturated heterocycles. The number of amidine groups is 1. The molecular weight excluding hydrogens is 342 g/mol. The minimum absolute atomic E-state index is 0.240. The van der Waals surface area contributed by atoms with Crippen LogP contribution in [0, 0.1) is 0 Å². The molecule has 1 aliphatic heterocycles. The number of nitrogens with zero attached hydrogens (tertiary/aromatic N) is 1. The molecule has 0 spiro atoms. The van der Waals surface area contributed by atoms with Crippen LogP contribution < -0.4 is 11.1 Å². The second-order valence-electron chi connectivity index (χ2n) is 5.11. The van der Waals surface area contributed by atoms with Gasteiger partial charge in [0.15, 0.2) is 16.7 Å². The van der Waals surface area contributed by atoms with E-state index in [4.69, 9.17) is 5.73 Å². The summed E-state index contributed by atoms with van der Waals surface area (Å²) in [5.41, 5.74) is 6.48. The molecule has 0 aromatic heterocycles. The molecule has 0 bridgehead atoms. The number of thioether (sulfide) groups is 1. The summed E-state index contributed by atoms with van der Waals surface area (Å²) in [6.45, 7) is 0. The number of nitrogens with two attached hydrogens (primary N) is 1. The van der Waals surface area contributed by atoms with Crippen LogP contribution in [-0.4, -0.2) is 27.2 Å². The summed E-state index contributed by atoms with van der Waals surface area (Å²) >= 11 is 1.09. The third kappa shape index (κ3) is 3.64. The molecule has 25 heavy (non-hydrogen) atoms. The summed E-state index contributed by atoms with van der Waals surface area (Å²) in [6, 6.07) is 10.8. The van der Waals surface area contributed by atoms with Crippen LogP contribution in [0.2, 0.25) is 0 Å². The van der Waals surface area contributed by atoms with E-state index in [1.54, 1.807) is 36.4 Å². The van der Waals surface area contributed by atoms with Gasteiger partial charge in [0, 0.05) is 0 Å². The molecule has 3 rings (SSSR count). The lowest BCUT2D eigenvalue weighted by atomic mass is 10.2. The molecule has 0 saturated carbocycles. The maximum absolute atomic E-state index is 12.1. The normalized spacial score (nSPS) is 17.0. The maximum atomic E-state index is 12.1. The number of rotatable bonds is 3. The number of carbonyl (C=O) groups excluding carboxylic acids is 2. The molecule has 2 amide bonds. The van der Waals surface area contributed by atoms with Crippen LogP contribution >= 0.6 is 11.8 Å². The third-order valence-electron chi connectivity index (χ3n) is 3.34. The number of phenols is 2. The lowest BCUT2D eigenvalue weighted by Gasteiger charge is -2.01. The number of aromatic hydroxyl groups is 2. The van der Waals surface area contributed by atoms with E-state index < -0.39 is 5.91 Å². The molecule has 2 aromatic carbocycles. The number of hydrogen-bond donors (Lipinski definition) is 4. The fourth-order valence-electron chi connectivity index (χ4n) is 2.15. The van der Waals surface area contributed by atoms with Gasteiger partial charge in [0.25, 0.3) is 11.8 Å². The second-order valence-corrected chi connectivity index (χ2v) is 6.14. The number of para-hydroxylation sites is 1. The predicted octanol–water partition coefficient (Wildman–Crippen LogP) is 2.09. The largest absolute Gasteiger partial charge is 0.504 e. The highest BCUT2D eigenvalue weighted by molar-refractivity contribution is 8.18. The Hall–Kier alpha value is -3.26. The minimum atomic E-state index is -0.607. The van der Waals surface area contributed by atoms with Gasteiger partial charge in [0.2, 0.25) is 0 Å². The van der Waals surface area contributed by atoms with Gasteiger partial charge in [-0.05, 0) is 47.7 Å². The summed E-state index contributed by atoms with van der Waals surface area (Å²) in [6.07, 6.45) is 1.56. The molecule has 1 heterocycles. The van der Waals surface area contributed by atoms with Crippen LogP contribution in [0.25, 0.3) is 6.08 Å². The number of nitrogens with one attached hydrogen (secondary N) is 1. The number of carbonyl (C=O) groups is 2.